The van der Waals surface area contributed by atoms with Gasteiger partial charge >= 0.3 is 0 Å². The molecule has 150 valence electrons. The summed E-state index contributed by atoms with van der Waals surface area (Å²) in [5.74, 6) is -0.716. The Kier molecular flexibility index (Phi) is 7.17. The van der Waals surface area contributed by atoms with Gasteiger partial charge in [0.15, 0.2) is 0 Å². The second-order valence-electron chi connectivity index (χ2n) is 6.48. The van der Waals surface area contributed by atoms with E-state index in [9.17, 15) is 18.0 Å². The fourth-order valence-electron chi connectivity index (χ4n) is 2.37. The number of hydrogen-bond acceptors (Lipinski definition) is 4. The molecule has 0 radical (unpaired) electrons. The van der Waals surface area contributed by atoms with Gasteiger partial charge in [0, 0.05) is 17.8 Å². The Labute approximate surface area is 165 Å². The molecule has 2 aromatic carbocycles. The molecule has 0 bridgehead atoms. The van der Waals surface area contributed by atoms with Crippen LogP contribution in [0.5, 0.6) is 0 Å². The highest BCUT2D eigenvalue weighted by Gasteiger charge is 2.18. The van der Waals surface area contributed by atoms with Crippen LogP contribution in [0.15, 0.2) is 53.4 Å². The summed E-state index contributed by atoms with van der Waals surface area (Å²) in [4.78, 5) is 24.1. The largest absolute Gasteiger partial charge is 0.354 e. The summed E-state index contributed by atoms with van der Waals surface area (Å²) in [6, 6.07) is 11.8. The SMILES string of the molecule is CCCNC(=O)[C@@H](C)NC(=O)c1ccc(S(=O)(=O)Nc2ccc(C)cc2)cc1. The number of nitrogens with one attached hydrogen (secondary N) is 3. The molecule has 0 aliphatic carbocycles. The first-order valence-electron chi connectivity index (χ1n) is 9.01. The minimum atomic E-state index is -3.76. The minimum absolute atomic E-state index is 0.0402. The van der Waals surface area contributed by atoms with Crippen LogP contribution in [0, 0.1) is 6.92 Å². The zero-order chi connectivity index (χ0) is 20.7. The molecule has 2 aromatic rings. The molecule has 7 nitrogen and oxygen atoms in total. The first kappa shape index (κ1) is 21.4. The fourth-order valence-corrected chi connectivity index (χ4v) is 3.43. The molecule has 0 saturated carbocycles. The van der Waals surface area contributed by atoms with Gasteiger partial charge in [-0.25, -0.2) is 8.42 Å². The van der Waals surface area contributed by atoms with E-state index in [4.69, 9.17) is 0 Å². The molecule has 0 aliphatic heterocycles. The van der Waals surface area contributed by atoms with Crippen molar-refractivity contribution in [2.45, 2.75) is 38.1 Å². The Balaban J connectivity index is 2.04. The third-order valence-corrected chi connectivity index (χ3v) is 5.42. The maximum Gasteiger partial charge on any atom is 0.261 e. The zero-order valence-corrected chi connectivity index (χ0v) is 17.0. The lowest BCUT2D eigenvalue weighted by Gasteiger charge is -2.14. The molecule has 28 heavy (non-hydrogen) atoms. The smallest absolute Gasteiger partial charge is 0.261 e. The van der Waals surface area contributed by atoms with E-state index in [0.717, 1.165) is 12.0 Å². The predicted molar refractivity (Wildman–Crippen MR) is 109 cm³/mol. The van der Waals surface area contributed by atoms with E-state index in [-0.39, 0.29) is 16.4 Å². The summed E-state index contributed by atoms with van der Waals surface area (Å²) < 4.78 is 27.4. The monoisotopic (exact) mass is 403 g/mol. The molecule has 2 rings (SSSR count). The summed E-state index contributed by atoms with van der Waals surface area (Å²) in [5.41, 5.74) is 1.75. The van der Waals surface area contributed by atoms with Crippen LogP contribution in [-0.4, -0.2) is 32.8 Å². The van der Waals surface area contributed by atoms with Gasteiger partial charge < -0.3 is 10.6 Å². The van der Waals surface area contributed by atoms with E-state index < -0.39 is 22.0 Å². The van der Waals surface area contributed by atoms with Gasteiger partial charge in [-0.05, 0) is 56.7 Å². The zero-order valence-electron chi connectivity index (χ0n) is 16.2. The van der Waals surface area contributed by atoms with E-state index >= 15 is 0 Å². The number of rotatable bonds is 8. The summed E-state index contributed by atoms with van der Waals surface area (Å²) in [7, 11) is -3.76. The number of aryl methyl sites for hydroxylation is 1. The van der Waals surface area contributed by atoms with Gasteiger partial charge in [-0.15, -0.1) is 0 Å². The van der Waals surface area contributed by atoms with E-state index in [0.29, 0.717) is 12.2 Å². The number of benzene rings is 2. The topological polar surface area (TPSA) is 104 Å². The third-order valence-electron chi connectivity index (χ3n) is 4.02. The molecule has 2 amide bonds. The van der Waals surface area contributed by atoms with Crippen LogP contribution in [0.25, 0.3) is 0 Å². The second kappa shape index (κ2) is 9.36. The van der Waals surface area contributed by atoms with Crippen LogP contribution < -0.4 is 15.4 Å². The van der Waals surface area contributed by atoms with Crippen molar-refractivity contribution in [1.82, 2.24) is 10.6 Å². The predicted octanol–water partition coefficient (Wildman–Crippen LogP) is 2.44. The number of anilines is 1. The molecule has 0 spiro atoms. The summed E-state index contributed by atoms with van der Waals surface area (Å²) in [5, 5.41) is 5.30. The lowest BCUT2D eigenvalue weighted by atomic mass is 10.2. The first-order chi connectivity index (χ1) is 13.2. The van der Waals surface area contributed by atoms with E-state index in [1.807, 2.05) is 26.0 Å². The van der Waals surface area contributed by atoms with Crippen molar-refractivity contribution >= 4 is 27.5 Å². The maximum absolute atomic E-state index is 12.5. The molecule has 0 unspecified atom stereocenters. The van der Waals surface area contributed by atoms with Gasteiger partial charge in [0.1, 0.15) is 6.04 Å². The van der Waals surface area contributed by atoms with Crippen molar-refractivity contribution in [2.75, 3.05) is 11.3 Å². The van der Waals surface area contributed by atoms with Gasteiger partial charge in [-0.2, -0.15) is 0 Å². The van der Waals surface area contributed by atoms with Crippen molar-refractivity contribution in [3.05, 3.63) is 59.7 Å². The second-order valence-corrected chi connectivity index (χ2v) is 8.16. The Bertz CT molecular complexity index is 923. The molecule has 0 saturated heterocycles. The summed E-state index contributed by atoms with van der Waals surface area (Å²) in [6.07, 6.45) is 0.805. The minimum Gasteiger partial charge on any atom is -0.354 e. The number of carbonyl (C=O) groups excluding carboxylic acids is 2. The molecule has 0 fully saturated rings. The maximum atomic E-state index is 12.5. The average Bonchev–Trinajstić information content (AvgIpc) is 2.67. The third kappa shape index (κ3) is 5.82. The highest BCUT2D eigenvalue weighted by Crippen LogP contribution is 2.17. The van der Waals surface area contributed by atoms with Gasteiger partial charge in [-0.3, -0.25) is 14.3 Å². The average molecular weight is 404 g/mol. The molecule has 8 heteroatoms. The first-order valence-corrected chi connectivity index (χ1v) is 10.5. The summed E-state index contributed by atoms with van der Waals surface area (Å²) >= 11 is 0. The molecular weight excluding hydrogens is 378 g/mol. The molecule has 3 N–H and O–H groups in total. The number of amides is 2. The quantitative estimate of drug-likeness (QED) is 0.630. The molecule has 0 aromatic heterocycles. The fraction of sp³-hybridized carbons (Fsp3) is 0.300. The number of sulfonamides is 1. The van der Waals surface area contributed by atoms with Crippen LogP contribution in [0.3, 0.4) is 0 Å². The van der Waals surface area contributed by atoms with E-state index in [1.54, 1.807) is 19.1 Å². The van der Waals surface area contributed by atoms with Crippen molar-refractivity contribution in [3.8, 4) is 0 Å². The van der Waals surface area contributed by atoms with E-state index in [2.05, 4.69) is 15.4 Å². The lowest BCUT2D eigenvalue weighted by molar-refractivity contribution is -0.122. The van der Waals surface area contributed by atoms with Crippen LogP contribution in [-0.2, 0) is 14.8 Å². The molecule has 0 heterocycles. The summed E-state index contributed by atoms with van der Waals surface area (Å²) in [6.45, 7) is 5.98. The lowest BCUT2D eigenvalue weighted by Crippen LogP contribution is -2.45. The standard InChI is InChI=1S/C20H25N3O4S/c1-4-13-21-19(24)15(3)22-20(25)16-7-11-18(12-8-16)28(26,27)23-17-9-5-14(2)6-10-17/h5-12,15,23H,4,13H2,1-3H3,(H,21,24)(H,22,25)/t15-/m1/s1. The van der Waals surface area contributed by atoms with Crippen LogP contribution in [0.4, 0.5) is 5.69 Å². The normalized spacial score (nSPS) is 12.1. The Hall–Kier alpha value is -2.87. The van der Waals surface area contributed by atoms with Crippen LogP contribution >= 0.6 is 0 Å². The van der Waals surface area contributed by atoms with Crippen LogP contribution in [0.2, 0.25) is 0 Å². The Morgan fingerprint density at radius 3 is 2.18 bits per heavy atom. The number of hydrogen-bond donors (Lipinski definition) is 3. The Morgan fingerprint density at radius 2 is 1.61 bits per heavy atom. The molecule has 0 aliphatic rings. The van der Waals surface area contributed by atoms with E-state index in [1.165, 1.54) is 24.3 Å². The van der Waals surface area contributed by atoms with Crippen molar-refractivity contribution < 1.29 is 18.0 Å². The van der Waals surface area contributed by atoms with Crippen LogP contribution in [0.1, 0.15) is 36.2 Å². The number of carbonyl (C=O) groups is 2. The van der Waals surface area contributed by atoms with Gasteiger partial charge in [0.25, 0.3) is 15.9 Å². The van der Waals surface area contributed by atoms with Crippen molar-refractivity contribution in [3.63, 3.8) is 0 Å². The van der Waals surface area contributed by atoms with Crippen molar-refractivity contribution in [1.29, 1.82) is 0 Å². The van der Waals surface area contributed by atoms with Gasteiger partial charge in [-0.1, -0.05) is 24.6 Å². The molecular formula is C20H25N3O4S. The highest BCUT2D eigenvalue weighted by molar-refractivity contribution is 7.92. The van der Waals surface area contributed by atoms with Gasteiger partial charge in [0.2, 0.25) is 5.91 Å². The molecule has 1 atom stereocenters. The van der Waals surface area contributed by atoms with Gasteiger partial charge in [0.05, 0.1) is 4.90 Å². The highest BCUT2D eigenvalue weighted by atomic mass is 32.2. The van der Waals surface area contributed by atoms with Crippen molar-refractivity contribution in [2.24, 2.45) is 0 Å². The Morgan fingerprint density at radius 1 is 1.00 bits per heavy atom.